The Kier molecular flexibility index (Phi) is 4.82. The van der Waals surface area contributed by atoms with Gasteiger partial charge in [0.1, 0.15) is 17.3 Å². The lowest BCUT2D eigenvalue weighted by Crippen LogP contribution is -2.57. The number of piperidine rings is 3. The van der Waals surface area contributed by atoms with E-state index in [4.69, 9.17) is 9.15 Å². The minimum absolute atomic E-state index is 0.126. The molecule has 0 radical (unpaired) electrons. The fraction of sp³-hybridized carbons (Fsp3) is 0.292. The van der Waals surface area contributed by atoms with Gasteiger partial charge in [-0.05, 0) is 80.4 Å². The highest BCUT2D eigenvalue weighted by Gasteiger charge is 2.35. The maximum absolute atomic E-state index is 12.6. The highest BCUT2D eigenvalue weighted by molar-refractivity contribution is 5.92. The van der Waals surface area contributed by atoms with Gasteiger partial charge < -0.3 is 19.4 Å². The smallest absolute Gasteiger partial charge is 0.287 e. The van der Waals surface area contributed by atoms with E-state index in [1.165, 1.54) is 12.8 Å². The van der Waals surface area contributed by atoms with E-state index < -0.39 is 0 Å². The predicted molar refractivity (Wildman–Crippen MR) is 111 cm³/mol. The highest BCUT2D eigenvalue weighted by atomic mass is 16.5. The van der Waals surface area contributed by atoms with Crippen molar-refractivity contribution < 1.29 is 13.9 Å². The molecule has 1 amide bonds. The average Bonchev–Trinajstić information content (AvgIpc) is 3.26. The molecule has 3 aromatic rings. The van der Waals surface area contributed by atoms with Crippen molar-refractivity contribution in [2.24, 2.45) is 5.92 Å². The number of hydrogen-bond donors (Lipinski definition) is 1. The molecule has 6 rings (SSSR count). The minimum Gasteiger partial charge on any atom is -0.457 e. The zero-order chi connectivity index (χ0) is 19.6. The second-order valence-electron chi connectivity index (χ2n) is 7.82. The van der Waals surface area contributed by atoms with Crippen LogP contribution in [-0.2, 0) is 0 Å². The molecule has 148 valence electrons. The third-order valence-electron chi connectivity index (χ3n) is 5.92. The Balaban J connectivity index is 1.24. The number of nitrogens with one attached hydrogen (secondary N) is 1. The molecule has 5 heteroatoms. The number of rotatable bonds is 5. The second-order valence-corrected chi connectivity index (χ2v) is 7.82. The van der Waals surface area contributed by atoms with Crippen molar-refractivity contribution in [3.8, 4) is 22.8 Å². The molecule has 2 aromatic carbocycles. The number of para-hydroxylation sites is 1. The molecule has 1 N–H and O–H groups in total. The quantitative estimate of drug-likeness (QED) is 0.696. The first-order valence-electron chi connectivity index (χ1n) is 10.2. The van der Waals surface area contributed by atoms with E-state index in [9.17, 15) is 4.79 Å². The number of benzene rings is 2. The number of amides is 1. The monoisotopic (exact) mass is 388 g/mol. The maximum atomic E-state index is 12.6. The van der Waals surface area contributed by atoms with Crippen LogP contribution in [0.4, 0.5) is 0 Å². The summed E-state index contributed by atoms with van der Waals surface area (Å²) in [5.74, 6) is 3.06. The lowest BCUT2D eigenvalue weighted by atomic mass is 9.84. The number of fused-ring (bicyclic) bond motifs is 3. The Morgan fingerprint density at radius 3 is 2.34 bits per heavy atom. The van der Waals surface area contributed by atoms with Crippen molar-refractivity contribution in [1.29, 1.82) is 0 Å². The van der Waals surface area contributed by atoms with Crippen molar-refractivity contribution >= 4 is 5.91 Å². The standard InChI is InChI=1S/C24H24N2O3/c27-24(25-21-16-26-14-12-17(21)13-15-26)23-11-10-22(29-23)18-6-8-20(9-7-18)28-19-4-2-1-3-5-19/h1-11,17,21H,12-16H2,(H,25,27). The van der Waals surface area contributed by atoms with Crippen molar-refractivity contribution in [3.05, 3.63) is 72.5 Å². The Hall–Kier alpha value is -3.05. The summed E-state index contributed by atoms with van der Waals surface area (Å²) in [6.07, 6.45) is 2.34. The Labute approximate surface area is 170 Å². The summed E-state index contributed by atoms with van der Waals surface area (Å²) >= 11 is 0. The van der Waals surface area contributed by atoms with Crippen molar-refractivity contribution in [2.75, 3.05) is 19.6 Å². The molecule has 2 bridgehead atoms. The van der Waals surface area contributed by atoms with E-state index in [1.54, 1.807) is 6.07 Å². The highest BCUT2D eigenvalue weighted by Crippen LogP contribution is 2.29. The minimum atomic E-state index is -0.126. The summed E-state index contributed by atoms with van der Waals surface area (Å²) in [5.41, 5.74) is 0.910. The molecule has 1 aromatic heterocycles. The van der Waals surface area contributed by atoms with Gasteiger partial charge in [0, 0.05) is 18.2 Å². The normalized spacial score (nSPS) is 23.0. The van der Waals surface area contributed by atoms with Gasteiger partial charge in [0.25, 0.3) is 5.91 Å². The van der Waals surface area contributed by atoms with E-state index >= 15 is 0 Å². The first-order valence-corrected chi connectivity index (χ1v) is 10.2. The Morgan fingerprint density at radius 1 is 0.931 bits per heavy atom. The van der Waals surface area contributed by atoms with Gasteiger partial charge in [0.15, 0.2) is 5.76 Å². The fourth-order valence-corrected chi connectivity index (χ4v) is 4.30. The van der Waals surface area contributed by atoms with Crippen molar-refractivity contribution in [1.82, 2.24) is 10.2 Å². The molecule has 3 aliphatic heterocycles. The molecule has 1 unspecified atom stereocenters. The van der Waals surface area contributed by atoms with E-state index in [0.717, 1.165) is 36.7 Å². The summed E-state index contributed by atoms with van der Waals surface area (Å²) in [6, 6.07) is 21.2. The molecule has 3 saturated heterocycles. The summed E-state index contributed by atoms with van der Waals surface area (Å²) < 4.78 is 11.7. The SMILES string of the molecule is O=C(NC1CN2CCC1CC2)c1ccc(-c2ccc(Oc3ccccc3)cc2)o1. The first kappa shape index (κ1) is 18.0. The number of carbonyl (C=O) groups is 1. The van der Waals surface area contributed by atoms with E-state index in [1.807, 2.05) is 60.7 Å². The van der Waals surface area contributed by atoms with Gasteiger partial charge >= 0.3 is 0 Å². The molecule has 0 saturated carbocycles. The predicted octanol–water partition coefficient (Wildman–Crippen LogP) is 4.56. The van der Waals surface area contributed by atoms with Crippen LogP contribution in [0.25, 0.3) is 11.3 Å². The number of nitrogens with zero attached hydrogens (tertiary/aromatic N) is 1. The molecule has 1 atom stereocenters. The zero-order valence-corrected chi connectivity index (χ0v) is 16.2. The molecule has 3 fully saturated rings. The number of furan rings is 1. The Bertz CT molecular complexity index is 973. The van der Waals surface area contributed by atoms with Crippen LogP contribution in [0.1, 0.15) is 23.4 Å². The first-order chi connectivity index (χ1) is 14.2. The van der Waals surface area contributed by atoms with Crippen LogP contribution < -0.4 is 10.1 Å². The van der Waals surface area contributed by atoms with Gasteiger partial charge in [0.2, 0.25) is 0 Å². The molecule has 5 nitrogen and oxygen atoms in total. The molecule has 0 spiro atoms. The molecular weight excluding hydrogens is 364 g/mol. The van der Waals surface area contributed by atoms with Crippen molar-refractivity contribution in [3.63, 3.8) is 0 Å². The lowest BCUT2D eigenvalue weighted by molar-refractivity contribution is 0.0606. The van der Waals surface area contributed by atoms with Crippen molar-refractivity contribution in [2.45, 2.75) is 18.9 Å². The van der Waals surface area contributed by atoms with Gasteiger partial charge in [-0.1, -0.05) is 18.2 Å². The summed E-state index contributed by atoms with van der Waals surface area (Å²) in [4.78, 5) is 15.1. The second kappa shape index (κ2) is 7.76. The molecule has 29 heavy (non-hydrogen) atoms. The average molecular weight is 388 g/mol. The molecule has 0 aliphatic carbocycles. The summed E-state index contributed by atoms with van der Waals surface area (Å²) in [5, 5.41) is 3.17. The number of ether oxygens (including phenoxy) is 1. The van der Waals surface area contributed by atoms with Gasteiger partial charge in [-0.15, -0.1) is 0 Å². The van der Waals surface area contributed by atoms with Gasteiger partial charge in [0.05, 0.1) is 0 Å². The lowest BCUT2D eigenvalue weighted by Gasteiger charge is -2.44. The Morgan fingerprint density at radius 2 is 1.66 bits per heavy atom. The molecule has 4 heterocycles. The van der Waals surface area contributed by atoms with E-state index in [0.29, 0.717) is 17.4 Å². The molecule has 3 aliphatic rings. The van der Waals surface area contributed by atoms with Crippen LogP contribution in [0.15, 0.2) is 71.1 Å². The number of hydrogen-bond acceptors (Lipinski definition) is 4. The zero-order valence-electron chi connectivity index (χ0n) is 16.2. The van der Waals surface area contributed by atoms with Crippen LogP contribution in [0, 0.1) is 5.92 Å². The summed E-state index contributed by atoms with van der Waals surface area (Å²) in [7, 11) is 0. The topological polar surface area (TPSA) is 54.7 Å². The third kappa shape index (κ3) is 3.91. The van der Waals surface area contributed by atoms with Crippen LogP contribution in [0.3, 0.4) is 0 Å². The van der Waals surface area contributed by atoms with Gasteiger partial charge in [-0.2, -0.15) is 0 Å². The molecular formula is C24H24N2O3. The van der Waals surface area contributed by atoms with Gasteiger partial charge in [-0.3, -0.25) is 4.79 Å². The largest absolute Gasteiger partial charge is 0.457 e. The third-order valence-corrected chi connectivity index (χ3v) is 5.92. The number of carbonyl (C=O) groups excluding carboxylic acids is 1. The van der Waals surface area contributed by atoms with Gasteiger partial charge in [-0.25, -0.2) is 0 Å². The maximum Gasteiger partial charge on any atom is 0.287 e. The van der Waals surface area contributed by atoms with Crippen LogP contribution >= 0.6 is 0 Å². The summed E-state index contributed by atoms with van der Waals surface area (Å²) in [6.45, 7) is 3.27. The van der Waals surface area contributed by atoms with Crippen LogP contribution in [0.2, 0.25) is 0 Å². The van der Waals surface area contributed by atoms with E-state index in [2.05, 4.69) is 10.2 Å². The van der Waals surface area contributed by atoms with Crippen LogP contribution in [0.5, 0.6) is 11.5 Å². The fourth-order valence-electron chi connectivity index (χ4n) is 4.30. The van der Waals surface area contributed by atoms with E-state index in [-0.39, 0.29) is 11.9 Å². The van der Waals surface area contributed by atoms with Crippen LogP contribution in [-0.4, -0.2) is 36.5 Å².